The number of hydrogen-bond donors (Lipinski definition) is 2. The summed E-state index contributed by atoms with van der Waals surface area (Å²) in [6, 6.07) is -0.0957. The minimum Gasteiger partial charge on any atom is -0.381 e. The summed E-state index contributed by atoms with van der Waals surface area (Å²) >= 11 is 0. The normalized spacial score (nSPS) is 21.1. The number of hydrogen-bond acceptors (Lipinski definition) is 3. The number of carbonyl (C=O) groups is 1. The SMILES string of the molecule is CC[C@H](N)C(=O)NC1CCOCC1. The summed E-state index contributed by atoms with van der Waals surface area (Å²) in [5.41, 5.74) is 5.59. The van der Waals surface area contributed by atoms with E-state index in [9.17, 15) is 4.79 Å². The van der Waals surface area contributed by atoms with Crippen LogP contribution in [-0.2, 0) is 9.53 Å². The summed E-state index contributed by atoms with van der Waals surface area (Å²) in [5, 5.41) is 2.93. The fourth-order valence-electron chi connectivity index (χ4n) is 1.34. The van der Waals surface area contributed by atoms with E-state index in [2.05, 4.69) is 5.32 Å². The Morgan fingerprint density at radius 2 is 2.23 bits per heavy atom. The van der Waals surface area contributed by atoms with Crippen LogP contribution in [0.1, 0.15) is 26.2 Å². The molecule has 1 rings (SSSR count). The van der Waals surface area contributed by atoms with Crippen molar-refractivity contribution in [3.63, 3.8) is 0 Å². The largest absolute Gasteiger partial charge is 0.381 e. The zero-order valence-electron chi connectivity index (χ0n) is 8.08. The molecule has 0 aromatic carbocycles. The van der Waals surface area contributed by atoms with Crippen molar-refractivity contribution in [1.29, 1.82) is 0 Å². The Hall–Kier alpha value is -0.610. The maximum atomic E-state index is 11.4. The van der Waals surface area contributed by atoms with Crippen molar-refractivity contribution in [2.75, 3.05) is 13.2 Å². The second-order valence-corrected chi connectivity index (χ2v) is 3.41. The van der Waals surface area contributed by atoms with Gasteiger partial charge in [-0.05, 0) is 19.3 Å². The molecule has 0 unspecified atom stereocenters. The van der Waals surface area contributed by atoms with Crippen LogP contribution in [0.4, 0.5) is 0 Å². The topological polar surface area (TPSA) is 64.4 Å². The first-order valence-corrected chi connectivity index (χ1v) is 4.87. The van der Waals surface area contributed by atoms with Gasteiger partial charge in [0.2, 0.25) is 5.91 Å². The molecule has 0 aromatic heterocycles. The highest BCUT2D eigenvalue weighted by atomic mass is 16.5. The molecule has 4 nitrogen and oxygen atoms in total. The van der Waals surface area contributed by atoms with E-state index in [1.54, 1.807) is 0 Å². The van der Waals surface area contributed by atoms with Crippen LogP contribution in [0.15, 0.2) is 0 Å². The van der Waals surface area contributed by atoms with E-state index in [0.717, 1.165) is 26.1 Å². The third kappa shape index (κ3) is 3.32. The van der Waals surface area contributed by atoms with Crippen LogP contribution in [0.25, 0.3) is 0 Å². The van der Waals surface area contributed by atoms with Crippen molar-refractivity contribution in [2.45, 2.75) is 38.3 Å². The van der Waals surface area contributed by atoms with Gasteiger partial charge >= 0.3 is 0 Å². The lowest BCUT2D eigenvalue weighted by atomic mass is 10.1. The molecular weight excluding hydrogens is 168 g/mol. The Kier molecular flexibility index (Phi) is 4.18. The van der Waals surface area contributed by atoms with Gasteiger partial charge in [-0.2, -0.15) is 0 Å². The Labute approximate surface area is 78.8 Å². The van der Waals surface area contributed by atoms with E-state index in [0.29, 0.717) is 6.42 Å². The first-order chi connectivity index (χ1) is 6.24. The summed E-state index contributed by atoms with van der Waals surface area (Å²) in [5.74, 6) is -0.0330. The maximum absolute atomic E-state index is 11.4. The van der Waals surface area contributed by atoms with E-state index in [1.165, 1.54) is 0 Å². The van der Waals surface area contributed by atoms with Crippen molar-refractivity contribution in [3.05, 3.63) is 0 Å². The fourth-order valence-corrected chi connectivity index (χ4v) is 1.34. The Bertz CT molecular complexity index is 167. The molecule has 76 valence electrons. The molecular formula is C9H18N2O2. The molecule has 1 amide bonds. The molecule has 13 heavy (non-hydrogen) atoms. The van der Waals surface area contributed by atoms with Crippen molar-refractivity contribution in [3.8, 4) is 0 Å². The highest BCUT2D eigenvalue weighted by Gasteiger charge is 2.18. The van der Waals surface area contributed by atoms with Gasteiger partial charge in [0, 0.05) is 19.3 Å². The number of nitrogens with two attached hydrogens (primary N) is 1. The standard InChI is InChI=1S/C9H18N2O2/c1-2-8(10)9(12)11-7-3-5-13-6-4-7/h7-8H,2-6,10H2,1H3,(H,11,12)/t8-/m0/s1. The monoisotopic (exact) mass is 186 g/mol. The molecule has 3 N–H and O–H groups in total. The molecule has 0 bridgehead atoms. The average molecular weight is 186 g/mol. The van der Waals surface area contributed by atoms with Gasteiger partial charge in [-0.25, -0.2) is 0 Å². The van der Waals surface area contributed by atoms with Crippen molar-refractivity contribution >= 4 is 5.91 Å². The number of ether oxygens (including phenoxy) is 1. The molecule has 0 spiro atoms. The van der Waals surface area contributed by atoms with Crippen LogP contribution in [-0.4, -0.2) is 31.2 Å². The van der Waals surface area contributed by atoms with E-state index in [1.807, 2.05) is 6.92 Å². The highest BCUT2D eigenvalue weighted by Crippen LogP contribution is 2.06. The number of nitrogens with one attached hydrogen (secondary N) is 1. The van der Waals surface area contributed by atoms with Crippen LogP contribution < -0.4 is 11.1 Å². The van der Waals surface area contributed by atoms with Crippen LogP contribution in [0, 0.1) is 0 Å². The van der Waals surface area contributed by atoms with E-state index >= 15 is 0 Å². The van der Waals surface area contributed by atoms with Crippen LogP contribution in [0.3, 0.4) is 0 Å². The van der Waals surface area contributed by atoms with Gasteiger partial charge in [-0.1, -0.05) is 6.92 Å². The predicted molar refractivity (Wildman–Crippen MR) is 50.3 cm³/mol. The molecule has 1 aliphatic heterocycles. The second kappa shape index (κ2) is 5.19. The quantitative estimate of drug-likeness (QED) is 0.653. The molecule has 0 aromatic rings. The first-order valence-electron chi connectivity index (χ1n) is 4.87. The molecule has 0 saturated carbocycles. The molecule has 1 saturated heterocycles. The fraction of sp³-hybridized carbons (Fsp3) is 0.889. The highest BCUT2D eigenvalue weighted by molar-refractivity contribution is 5.81. The van der Waals surface area contributed by atoms with Gasteiger partial charge in [0.05, 0.1) is 6.04 Å². The van der Waals surface area contributed by atoms with Gasteiger partial charge in [0.25, 0.3) is 0 Å². The minimum absolute atomic E-state index is 0.0330. The van der Waals surface area contributed by atoms with Crippen LogP contribution in [0.2, 0.25) is 0 Å². The smallest absolute Gasteiger partial charge is 0.237 e. The third-order valence-corrected chi connectivity index (χ3v) is 2.34. The molecule has 1 atom stereocenters. The van der Waals surface area contributed by atoms with Crippen LogP contribution >= 0.6 is 0 Å². The van der Waals surface area contributed by atoms with Gasteiger partial charge < -0.3 is 15.8 Å². The number of rotatable bonds is 3. The van der Waals surface area contributed by atoms with Crippen molar-refractivity contribution in [1.82, 2.24) is 5.32 Å². The van der Waals surface area contributed by atoms with Crippen LogP contribution in [0.5, 0.6) is 0 Å². The summed E-state index contributed by atoms with van der Waals surface area (Å²) in [4.78, 5) is 11.4. The van der Waals surface area contributed by atoms with Gasteiger partial charge in [0.15, 0.2) is 0 Å². The van der Waals surface area contributed by atoms with E-state index in [-0.39, 0.29) is 18.0 Å². The average Bonchev–Trinajstić information content (AvgIpc) is 2.18. The summed E-state index contributed by atoms with van der Waals surface area (Å²) in [6.07, 6.45) is 2.50. The van der Waals surface area contributed by atoms with E-state index in [4.69, 9.17) is 10.5 Å². The number of carbonyl (C=O) groups excluding carboxylic acids is 1. The van der Waals surface area contributed by atoms with Gasteiger partial charge in [-0.15, -0.1) is 0 Å². The maximum Gasteiger partial charge on any atom is 0.237 e. The molecule has 0 aliphatic carbocycles. The molecule has 1 fully saturated rings. The minimum atomic E-state index is -0.358. The van der Waals surface area contributed by atoms with Gasteiger partial charge in [0.1, 0.15) is 0 Å². The zero-order valence-corrected chi connectivity index (χ0v) is 8.08. The zero-order chi connectivity index (χ0) is 9.68. The van der Waals surface area contributed by atoms with Gasteiger partial charge in [-0.3, -0.25) is 4.79 Å². The lowest BCUT2D eigenvalue weighted by molar-refractivity contribution is -0.123. The summed E-state index contributed by atoms with van der Waals surface area (Å²) in [6.45, 7) is 3.40. The summed E-state index contributed by atoms with van der Waals surface area (Å²) < 4.78 is 5.19. The summed E-state index contributed by atoms with van der Waals surface area (Å²) in [7, 11) is 0. The lowest BCUT2D eigenvalue weighted by Gasteiger charge is -2.24. The first kappa shape index (κ1) is 10.5. The molecule has 0 radical (unpaired) electrons. The van der Waals surface area contributed by atoms with E-state index < -0.39 is 0 Å². The predicted octanol–water partition coefficient (Wildman–Crippen LogP) is 0.0189. The molecule has 1 aliphatic rings. The van der Waals surface area contributed by atoms with Crippen molar-refractivity contribution in [2.24, 2.45) is 5.73 Å². The van der Waals surface area contributed by atoms with Crippen molar-refractivity contribution < 1.29 is 9.53 Å². The Balaban J connectivity index is 2.26. The second-order valence-electron chi connectivity index (χ2n) is 3.41. The number of amides is 1. The lowest BCUT2D eigenvalue weighted by Crippen LogP contribution is -2.46. The third-order valence-electron chi connectivity index (χ3n) is 2.34. The Morgan fingerprint density at radius 1 is 1.62 bits per heavy atom. The molecule has 4 heteroatoms. The molecule has 1 heterocycles. The Morgan fingerprint density at radius 3 is 2.77 bits per heavy atom.